The zero-order valence-electron chi connectivity index (χ0n) is 11.9. The molecule has 0 aliphatic carbocycles. The molecule has 0 aliphatic heterocycles. The summed E-state index contributed by atoms with van der Waals surface area (Å²) >= 11 is 0. The van der Waals surface area contributed by atoms with Crippen LogP contribution in [0.4, 0.5) is 10.5 Å². The molecule has 0 heterocycles. The molecular formula is C14H17N3O3. The van der Waals surface area contributed by atoms with E-state index in [1.165, 1.54) is 32.8 Å². The van der Waals surface area contributed by atoms with Gasteiger partial charge in [-0.25, -0.2) is 9.59 Å². The van der Waals surface area contributed by atoms with Gasteiger partial charge in [-0.3, -0.25) is 4.90 Å². The van der Waals surface area contributed by atoms with E-state index in [-0.39, 0.29) is 0 Å². The number of amides is 2. The number of hydrogen-bond acceptors (Lipinski definition) is 3. The van der Waals surface area contributed by atoms with Crippen LogP contribution in [-0.2, 0) is 4.79 Å². The van der Waals surface area contributed by atoms with Crippen LogP contribution >= 0.6 is 0 Å². The number of carbonyl (C=O) groups excluding carboxylic acids is 1. The Labute approximate surface area is 117 Å². The summed E-state index contributed by atoms with van der Waals surface area (Å²) in [5.41, 5.74) is -0.359. The van der Waals surface area contributed by atoms with Crippen molar-refractivity contribution in [2.45, 2.75) is 19.4 Å². The summed E-state index contributed by atoms with van der Waals surface area (Å²) in [4.78, 5) is 25.9. The van der Waals surface area contributed by atoms with Gasteiger partial charge in [-0.2, -0.15) is 5.26 Å². The Kier molecular flexibility index (Phi) is 4.35. The predicted molar refractivity (Wildman–Crippen MR) is 74.4 cm³/mol. The Bertz CT molecular complexity index is 575. The van der Waals surface area contributed by atoms with E-state index in [1.54, 1.807) is 24.3 Å². The molecule has 6 nitrogen and oxygen atoms in total. The summed E-state index contributed by atoms with van der Waals surface area (Å²) in [5, 5.41) is 18.0. The fraction of sp³-hybridized carbons (Fsp3) is 0.357. The van der Waals surface area contributed by atoms with Crippen molar-refractivity contribution in [2.24, 2.45) is 0 Å². The van der Waals surface area contributed by atoms with E-state index >= 15 is 0 Å². The fourth-order valence-electron chi connectivity index (χ4n) is 1.50. The van der Waals surface area contributed by atoms with E-state index in [1.807, 2.05) is 6.07 Å². The minimum Gasteiger partial charge on any atom is -0.480 e. The number of urea groups is 1. The second-order valence-corrected chi connectivity index (χ2v) is 4.93. The highest BCUT2D eigenvalue weighted by molar-refractivity contribution is 5.95. The van der Waals surface area contributed by atoms with Gasteiger partial charge >= 0.3 is 12.0 Å². The van der Waals surface area contributed by atoms with Crippen LogP contribution in [0.15, 0.2) is 24.3 Å². The Morgan fingerprint density at radius 1 is 1.30 bits per heavy atom. The Morgan fingerprint density at radius 3 is 2.40 bits per heavy atom. The van der Waals surface area contributed by atoms with Crippen molar-refractivity contribution in [3.63, 3.8) is 0 Å². The van der Waals surface area contributed by atoms with Crippen molar-refractivity contribution >= 4 is 17.7 Å². The Hall–Kier alpha value is -2.55. The number of rotatable bonds is 3. The third-order valence-electron chi connectivity index (χ3n) is 3.30. The van der Waals surface area contributed by atoms with Gasteiger partial charge in [0.05, 0.1) is 11.6 Å². The lowest BCUT2D eigenvalue weighted by Crippen LogP contribution is -2.54. The van der Waals surface area contributed by atoms with Gasteiger partial charge in [0.2, 0.25) is 0 Å². The van der Waals surface area contributed by atoms with Gasteiger partial charge in [0, 0.05) is 19.8 Å². The zero-order valence-corrected chi connectivity index (χ0v) is 11.9. The molecule has 0 saturated heterocycles. The Morgan fingerprint density at radius 2 is 1.90 bits per heavy atom. The van der Waals surface area contributed by atoms with Gasteiger partial charge in [0.1, 0.15) is 5.54 Å². The smallest absolute Gasteiger partial charge is 0.329 e. The van der Waals surface area contributed by atoms with Crippen LogP contribution in [0.1, 0.15) is 19.4 Å². The topological polar surface area (TPSA) is 84.6 Å². The van der Waals surface area contributed by atoms with E-state index in [9.17, 15) is 9.59 Å². The molecule has 1 N–H and O–H groups in total. The molecule has 1 rings (SSSR count). The number of hydrogen-bond donors (Lipinski definition) is 1. The van der Waals surface area contributed by atoms with Crippen LogP contribution in [0.25, 0.3) is 0 Å². The first-order chi connectivity index (χ1) is 9.21. The second kappa shape index (κ2) is 5.61. The largest absolute Gasteiger partial charge is 0.480 e. The maximum absolute atomic E-state index is 12.3. The highest BCUT2D eigenvalue weighted by atomic mass is 16.4. The normalized spacial score (nSPS) is 10.6. The number of anilines is 1. The summed E-state index contributed by atoms with van der Waals surface area (Å²) < 4.78 is 0. The SMILES string of the molecule is CN(C(=O)N(C)C(C)(C)C(=O)O)c1cccc(C#N)c1. The van der Waals surface area contributed by atoms with Gasteiger partial charge in [0.15, 0.2) is 0 Å². The number of carbonyl (C=O) groups is 2. The predicted octanol–water partition coefficient (Wildman–Crippen LogP) is 1.91. The lowest BCUT2D eigenvalue weighted by atomic mass is 10.0. The van der Waals surface area contributed by atoms with Crippen LogP contribution in [0.5, 0.6) is 0 Å². The monoisotopic (exact) mass is 275 g/mol. The maximum atomic E-state index is 12.3. The number of carboxylic acids is 1. The number of nitriles is 1. The number of likely N-dealkylation sites (N-methyl/N-ethyl adjacent to an activating group) is 1. The molecule has 0 saturated carbocycles. The molecule has 0 radical (unpaired) electrons. The lowest BCUT2D eigenvalue weighted by Gasteiger charge is -2.34. The average Bonchev–Trinajstić information content (AvgIpc) is 2.44. The molecule has 1 aromatic rings. The Balaban J connectivity index is 3.03. The molecule has 0 atom stereocenters. The van der Waals surface area contributed by atoms with E-state index in [2.05, 4.69) is 0 Å². The molecule has 0 unspecified atom stereocenters. The first kappa shape index (κ1) is 15.5. The van der Waals surface area contributed by atoms with Crippen LogP contribution in [-0.4, -0.2) is 41.6 Å². The van der Waals surface area contributed by atoms with Crippen LogP contribution in [0.2, 0.25) is 0 Å². The molecule has 1 aromatic carbocycles. The van der Waals surface area contributed by atoms with Crippen molar-refractivity contribution in [2.75, 3.05) is 19.0 Å². The highest BCUT2D eigenvalue weighted by Crippen LogP contribution is 2.19. The number of carboxylic acid groups (broad SMARTS) is 1. The van der Waals surface area contributed by atoms with E-state index in [4.69, 9.17) is 10.4 Å². The summed E-state index contributed by atoms with van der Waals surface area (Å²) in [6.45, 7) is 2.90. The number of nitrogens with zero attached hydrogens (tertiary/aromatic N) is 3. The number of aliphatic carboxylic acids is 1. The van der Waals surface area contributed by atoms with E-state index < -0.39 is 17.5 Å². The van der Waals surface area contributed by atoms with Gasteiger partial charge in [-0.05, 0) is 32.0 Å². The average molecular weight is 275 g/mol. The van der Waals surface area contributed by atoms with E-state index in [0.717, 1.165) is 4.90 Å². The van der Waals surface area contributed by atoms with Crippen molar-refractivity contribution in [1.29, 1.82) is 5.26 Å². The second-order valence-electron chi connectivity index (χ2n) is 4.93. The van der Waals surface area contributed by atoms with Crippen molar-refractivity contribution < 1.29 is 14.7 Å². The third kappa shape index (κ3) is 2.88. The fourth-order valence-corrected chi connectivity index (χ4v) is 1.50. The molecule has 0 bridgehead atoms. The molecule has 0 spiro atoms. The first-order valence-corrected chi connectivity index (χ1v) is 5.97. The van der Waals surface area contributed by atoms with Crippen molar-refractivity contribution in [3.8, 4) is 6.07 Å². The maximum Gasteiger partial charge on any atom is 0.329 e. The van der Waals surface area contributed by atoms with Crippen molar-refractivity contribution in [1.82, 2.24) is 4.90 Å². The van der Waals surface area contributed by atoms with Gasteiger partial charge in [-0.15, -0.1) is 0 Å². The van der Waals surface area contributed by atoms with Crippen LogP contribution in [0.3, 0.4) is 0 Å². The molecule has 20 heavy (non-hydrogen) atoms. The first-order valence-electron chi connectivity index (χ1n) is 5.97. The van der Waals surface area contributed by atoms with Crippen LogP contribution in [0, 0.1) is 11.3 Å². The summed E-state index contributed by atoms with van der Waals surface area (Å²) in [6, 6.07) is 8.08. The van der Waals surface area contributed by atoms with Gasteiger partial charge in [-0.1, -0.05) is 6.07 Å². The van der Waals surface area contributed by atoms with Gasteiger partial charge in [0.25, 0.3) is 0 Å². The molecule has 6 heteroatoms. The van der Waals surface area contributed by atoms with Crippen LogP contribution < -0.4 is 4.90 Å². The minimum atomic E-state index is -1.32. The number of benzene rings is 1. The molecule has 0 aromatic heterocycles. The lowest BCUT2D eigenvalue weighted by molar-refractivity contribution is -0.146. The molecule has 2 amide bonds. The summed E-state index contributed by atoms with van der Waals surface area (Å²) in [6.07, 6.45) is 0. The zero-order chi connectivity index (χ0) is 15.5. The molecule has 106 valence electrons. The third-order valence-corrected chi connectivity index (χ3v) is 3.30. The van der Waals surface area contributed by atoms with E-state index in [0.29, 0.717) is 11.3 Å². The summed E-state index contributed by atoms with van der Waals surface area (Å²) in [7, 11) is 2.97. The molecular weight excluding hydrogens is 258 g/mol. The minimum absolute atomic E-state index is 0.433. The molecule has 0 fully saturated rings. The highest BCUT2D eigenvalue weighted by Gasteiger charge is 2.36. The van der Waals surface area contributed by atoms with Gasteiger partial charge < -0.3 is 10.0 Å². The molecule has 0 aliphatic rings. The van der Waals surface area contributed by atoms with Crippen molar-refractivity contribution in [3.05, 3.63) is 29.8 Å². The quantitative estimate of drug-likeness (QED) is 0.913. The summed E-state index contributed by atoms with van der Waals surface area (Å²) in [5.74, 6) is -1.09. The standard InChI is InChI=1S/C14H17N3O3/c1-14(2,12(18)19)17(4)13(20)16(3)11-7-5-6-10(8-11)9-15/h5-8H,1-4H3,(H,18,19).